The fourth-order valence-corrected chi connectivity index (χ4v) is 8.80. The minimum Gasteiger partial charge on any atom is -0.393 e. The summed E-state index contributed by atoms with van der Waals surface area (Å²) in [6, 6.07) is 0. The largest absolute Gasteiger partial charge is 0.393 e. The smallest absolute Gasteiger partial charge is 0.246 e. The normalized spacial score (nSPS) is 41.4. The third kappa shape index (κ3) is 4.30. The van der Waals surface area contributed by atoms with Crippen LogP contribution >= 0.6 is 0 Å². The number of amides is 2. The first-order chi connectivity index (χ1) is 16.6. The monoisotopic (exact) mass is 482 g/mol. The Kier molecular flexibility index (Phi) is 6.69. The molecule has 1 saturated heterocycles. The van der Waals surface area contributed by atoms with Crippen molar-refractivity contribution in [1.29, 1.82) is 0 Å². The van der Waals surface area contributed by atoms with Crippen LogP contribution in [-0.4, -0.2) is 59.0 Å². The quantitative estimate of drug-likeness (QED) is 0.464. The molecule has 35 heavy (non-hydrogen) atoms. The third-order valence-electron chi connectivity index (χ3n) is 10.9. The molecule has 1 aliphatic heterocycles. The van der Waals surface area contributed by atoms with Crippen LogP contribution in [0, 0.1) is 40.4 Å². The van der Waals surface area contributed by atoms with Gasteiger partial charge < -0.3 is 14.9 Å². The van der Waals surface area contributed by atoms with E-state index in [0.717, 1.165) is 38.5 Å². The van der Waals surface area contributed by atoms with Crippen molar-refractivity contribution in [1.82, 2.24) is 9.80 Å². The van der Waals surface area contributed by atoms with Crippen LogP contribution in [0.4, 0.5) is 0 Å². The van der Waals surface area contributed by atoms with Crippen molar-refractivity contribution < 1.29 is 14.7 Å². The zero-order chi connectivity index (χ0) is 25.0. The Balaban J connectivity index is 1.25. The number of carbonyl (C=O) groups is 2. The van der Waals surface area contributed by atoms with E-state index < -0.39 is 0 Å². The van der Waals surface area contributed by atoms with Crippen molar-refractivity contribution in [3.63, 3.8) is 0 Å². The molecule has 5 nitrogen and oxygen atoms in total. The molecule has 1 heterocycles. The number of aliphatic hydroxyl groups is 1. The Hall–Kier alpha value is -1.62. The molecule has 4 fully saturated rings. The zero-order valence-corrected chi connectivity index (χ0v) is 22.3. The van der Waals surface area contributed by atoms with Crippen LogP contribution < -0.4 is 0 Å². The van der Waals surface area contributed by atoms with Gasteiger partial charge in [-0.25, -0.2) is 0 Å². The van der Waals surface area contributed by atoms with Gasteiger partial charge in [-0.15, -0.1) is 0 Å². The minimum atomic E-state index is -0.157. The van der Waals surface area contributed by atoms with Gasteiger partial charge in [-0.3, -0.25) is 9.59 Å². The molecule has 5 rings (SSSR count). The van der Waals surface area contributed by atoms with E-state index in [1.165, 1.54) is 18.4 Å². The van der Waals surface area contributed by atoms with Crippen molar-refractivity contribution in [2.45, 2.75) is 85.2 Å². The molecule has 0 aromatic rings. The van der Waals surface area contributed by atoms with Crippen molar-refractivity contribution in [3.05, 3.63) is 23.8 Å². The van der Waals surface area contributed by atoms with Crippen molar-refractivity contribution >= 4 is 11.8 Å². The van der Waals surface area contributed by atoms with Gasteiger partial charge in [0.05, 0.1) is 6.10 Å². The van der Waals surface area contributed by atoms with Crippen LogP contribution in [0.5, 0.6) is 0 Å². The lowest BCUT2D eigenvalue weighted by Crippen LogP contribution is -2.55. The fraction of sp³-hybridized carbons (Fsp3) is 0.800. The molecule has 0 bridgehead atoms. The molecule has 194 valence electrons. The second-order valence-electron chi connectivity index (χ2n) is 13.1. The topological polar surface area (TPSA) is 60.9 Å². The number of hydrogen-bond acceptors (Lipinski definition) is 3. The number of carbonyl (C=O) groups excluding carboxylic acids is 2. The highest BCUT2D eigenvalue weighted by molar-refractivity contribution is 5.88. The molecule has 5 heteroatoms. The van der Waals surface area contributed by atoms with Crippen molar-refractivity contribution in [2.75, 3.05) is 26.2 Å². The number of allylic oxidation sites excluding steroid dienone is 2. The van der Waals surface area contributed by atoms with E-state index in [4.69, 9.17) is 0 Å². The van der Waals surface area contributed by atoms with Gasteiger partial charge in [-0.2, -0.15) is 0 Å². The minimum absolute atomic E-state index is 0.0745. The molecule has 7 unspecified atom stereocenters. The van der Waals surface area contributed by atoms with Gasteiger partial charge in [0.25, 0.3) is 0 Å². The van der Waals surface area contributed by atoms with E-state index in [9.17, 15) is 14.7 Å². The van der Waals surface area contributed by atoms with Crippen molar-refractivity contribution in [2.24, 2.45) is 40.4 Å². The summed E-state index contributed by atoms with van der Waals surface area (Å²) in [5.41, 5.74) is 1.86. The molecule has 2 amide bonds. The summed E-state index contributed by atoms with van der Waals surface area (Å²) < 4.78 is 0. The molecular formula is C30H46N2O3. The van der Waals surface area contributed by atoms with Crippen LogP contribution in [0.3, 0.4) is 0 Å². The maximum atomic E-state index is 13.8. The number of rotatable bonds is 3. The van der Waals surface area contributed by atoms with E-state index in [1.807, 2.05) is 11.0 Å². The maximum absolute atomic E-state index is 13.8. The van der Waals surface area contributed by atoms with Gasteiger partial charge in [0.1, 0.15) is 0 Å². The average Bonchev–Trinajstić information content (AvgIpc) is 3.19. The first kappa shape index (κ1) is 25.0. The highest BCUT2D eigenvalue weighted by Gasteiger charge is 2.60. The Morgan fingerprint density at radius 3 is 2.43 bits per heavy atom. The lowest BCUT2D eigenvalue weighted by Gasteiger charge is -2.58. The van der Waals surface area contributed by atoms with Crippen LogP contribution in [-0.2, 0) is 9.59 Å². The summed E-state index contributed by atoms with van der Waals surface area (Å²) in [4.78, 5) is 30.2. The fourth-order valence-electron chi connectivity index (χ4n) is 8.80. The first-order valence-corrected chi connectivity index (χ1v) is 14.3. The predicted molar refractivity (Wildman–Crippen MR) is 138 cm³/mol. The number of piperazine rings is 1. The number of hydrogen-bond donors (Lipinski definition) is 1. The van der Waals surface area contributed by atoms with Gasteiger partial charge in [0.2, 0.25) is 11.8 Å². The Bertz CT molecular complexity index is 901. The maximum Gasteiger partial charge on any atom is 0.246 e. The Morgan fingerprint density at radius 1 is 1.00 bits per heavy atom. The molecule has 0 spiro atoms. The third-order valence-corrected chi connectivity index (χ3v) is 10.9. The molecule has 5 aliphatic rings. The predicted octanol–water partition coefficient (Wildman–Crippen LogP) is 4.81. The second kappa shape index (κ2) is 9.36. The summed E-state index contributed by atoms with van der Waals surface area (Å²) in [5.74, 6) is 2.92. The van der Waals surface area contributed by atoms with E-state index in [0.29, 0.717) is 55.8 Å². The van der Waals surface area contributed by atoms with Crippen LogP contribution in [0.2, 0.25) is 0 Å². The highest BCUT2D eigenvalue weighted by Crippen LogP contribution is 2.66. The zero-order valence-electron chi connectivity index (χ0n) is 22.3. The van der Waals surface area contributed by atoms with Gasteiger partial charge in [-0.1, -0.05) is 45.4 Å². The van der Waals surface area contributed by atoms with E-state index in [2.05, 4.69) is 38.7 Å². The Morgan fingerprint density at radius 2 is 1.71 bits per heavy atom. The molecule has 7 atom stereocenters. The standard InChI is InChI=1S/C30H46N2O3/c1-20(2)5-10-27(34)31-15-17-32(18-16-31)28(35)26-9-8-24-23-7-6-21-19-22(33)11-13-29(21,3)25(23)12-14-30(24,26)4/h5-6,10,20,22-26,33H,7-9,11-19H2,1-4H3/b10-5+. The average molecular weight is 483 g/mol. The number of nitrogens with zero attached hydrogens (tertiary/aromatic N) is 2. The van der Waals surface area contributed by atoms with E-state index in [1.54, 1.807) is 6.08 Å². The lowest BCUT2D eigenvalue weighted by molar-refractivity contribution is -0.146. The number of fused-ring (bicyclic) bond motifs is 5. The second-order valence-corrected chi connectivity index (χ2v) is 13.1. The molecule has 4 aliphatic carbocycles. The SMILES string of the molecule is CC(C)/C=C/C(=O)N1CCN(C(=O)C2CCC3C4CC=C5CC(O)CCC5(C)C4CCC23C)CC1. The van der Waals surface area contributed by atoms with Crippen LogP contribution in [0.15, 0.2) is 23.8 Å². The first-order valence-electron chi connectivity index (χ1n) is 14.3. The van der Waals surface area contributed by atoms with Gasteiger partial charge in [0, 0.05) is 32.1 Å². The van der Waals surface area contributed by atoms with Crippen molar-refractivity contribution in [3.8, 4) is 0 Å². The molecule has 3 saturated carbocycles. The Labute approximate surface area is 212 Å². The number of aliphatic hydroxyl groups excluding tert-OH is 1. The molecule has 0 aromatic carbocycles. The van der Waals surface area contributed by atoms with Gasteiger partial charge >= 0.3 is 0 Å². The lowest BCUT2D eigenvalue weighted by atomic mass is 9.47. The summed E-state index contributed by atoms with van der Waals surface area (Å²) in [5, 5.41) is 10.3. The summed E-state index contributed by atoms with van der Waals surface area (Å²) in [6.45, 7) is 11.7. The molecule has 0 aromatic heterocycles. The summed E-state index contributed by atoms with van der Waals surface area (Å²) in [6.07, 6.45) is 14.6. The van der Waals surface area contributed by atoms with E-state index >= 15 is 0 Å². The van der Waals surface area contributed by atoms with Crippen LogP contribution in [0.25, 0.3) is 0 Å². The highest BCUT2D eigenvalue weighted by atomic mass is 16.3. The van der Waals surface area contributed by atoms with Crippen LogP contribution in [0.1, 0.15) is 79.1 Å². The molecular weight excluding hydrogens is 436 g/mol. The summed E-state index contributed by atoms with van der Waals surface area (Å²) in [7, 11) is 0. The van der Waals surface area contributed by atoms with Gasteiger partial charge in [-0.05, 0) is 91.9 Å². The van der Waals surface area contributed by atoms with Gasteiger partial charge in [0.15, 0.2) is 0 Å². The summed E-state index contributed by atoms with van der Waals surface area (Å²) >= 11 is 0. The molecule has 1 N–H and O–H groups in total. The molecule has 0 radical (unpaired) electrons. The van der Waals surface area contributed by atoms with E-state index in [-0.39, 0.29) is 28.8 Å².